The first-order valence-electron chi connectivity index (χ1n) is 6.63. The lowest BCUT2D eigenvalue weighted by molar-refractivity contribution is -0.141. The van der Waals surface area contributed by atoms with E-state index in [9.17, 15) is 18.0 Å². The van der Waals surface area contributed by atoms with E-state index in [-0.39, 0.29) is 11.6 Å². The molecule has 0 heterocycles. The summed E-state index contributed by atoms with van der Waals surface area (Å²) in [7, 11) is 3.46. The van der Waals surface area contributed by atoms with Crippen LogP contribution in [0.25, 0.3) is 0 Å². The van der Waals surface area contributed by atoms with E-state index in [4.69, 9.17) is 5.73 Å². The molecule has 1 amide bonds. The standard InChI is InChI=1S/C14H18F3N3O/c1-19(2)12-6-3-9(18)7-11(12)13(21)20(10-4-5-10)8-14(15,16)17/h3,6-7,10H,4-5,8,18H2,1-2H3. The van der Waals surface area contributed by atoms with Gasteiger partial charge in [0.2, 0.25) is 0 Å². The van der Waals surface area contributed by atoms with Crippen molar-refractivity contribution in [1.29, 1.82) is 0 Å². The molecule has 2 rings (SSSR count). The van der Waals surface area contributed by atoms with Gasteiger partial charge < -0.3 is 15.5 Å². The molecule has 0 atom stereocenters. The van der Waals surface area contributed by atoms with Gasteiger partial charge in [0, 0.05) is 31.5 Å². The number of nitrogens with two attached hydrogens (primary N) is 1. The van der Waals surface area contributed by atoms with E-state index in [0.717, 1.165) is 4.90 Å². The topological polar surface area (TPSA) is 49.6 Å². The summed E-state index contributed by atoms with van der Waals surface area (Å²) in [4.78, 5) is 15.1. The quantitative estimate of drug-likeness (QED) is 0.869. The van der Waals surface area contributed by atoms with Gasteiger partial charge in [0.15, 0.2) is 0 Å². The highest BCUT2D eigenvalue weighted by Crippen LogP contribution is 2.33. The van der Waals surface area contributed by atoms with Gasteiger partial charge in [-0.25, -0.2) is 0 Å². The summed E-state index contributed by atoms with van der Waals surface area (Å²) < 4.78 is 38.0. The van der Waals surface area contributed by atoms with Crippen molar-refractivity contribution in [2.75, 3.05) is 31.3 Å². The SMILES string of the molecule is CN(C)c1ccc(N)cc1C(=O)N(CC(F)(F)F)C1CC1. The third-order valence-corrected chi connectivity index (χ3v) is 3.33. The molecule has 1 aromatic rings. The Morgan fingerprint density at radius 2 is 1.95 bits per heavy atom. The first-order valence-corrected chi connectivity index (χ1v) is 6.63. The Bertz CT molecular complexity index is 539. The number of amides is 1. The Hall–Kier alpha value is -1.92. The maximum atomic E-state index is 12.7. The molecular weight excluding hydrogens is 283 g/mol. The highest BCUT2D eigenvalue weighted by atomic mass is 19.4. The average Bonchev–Trinajstić information content (AvgIpc) is 3.17. The number of alkyl halides is 3. The van der Waals surface area contributed by atoms with Gasteiger partial charge in [-0.1, -0.05) is 0 Å². The second-order valence-electron chi connectivity index (χ2n) is 5.45. The summed E-state index contributed by atoms with van der Waals surface area (Å²) in [6.07, 6.45) is -3.18. The monoisotopic (exact) mass is 301 g/mol. The van der Waals surface area contributed by atoms with Gasteiger partial charge in [0.25, 0.3) is 5.91 Å². The largest absolute Gasteiger partial charge is 0.406 e. The van der Waals surface area contributed by atoms with Crippen LogP contribution in [0.5, 0.6) is 0 Å². The highest BCUT2D eigenvalue weighted by Gasteiger charge is 2.41. The number of carbonyl (C=O) groups is 1. The minimum absolute atomic E-state index is 0.205. The second kappa shape index (κ2) is 5.46. The Morgan fingerprint density at radius 3 is 2.43 bits per heavy atom. The van der Waals surface area contributed by atoms with Crippen LogP contribution in [0.3, 0.4) is 0 Å². The number of hydrogen-bond donors (Lipinski definition) is 1. The van der Waals surface area contributed by atoms with Crippen LogP contribution < -0.4 is 10.6 Å². The molecule has 1 fully saturated rings. The lowest BCUT2D eigenvalue weighted by Gasteiger charge is -2.26. The fourth-order valence-corrected chi connectivity index (χ4v) is 2.22. The first-order chi connectivity index (χ1) is 9.69. The van der Waals surface area contributed by atoms with E-state index in [2.05, 4.69) is 0 Å². The van der Waals surface area contributed by atoms with Crippen molar-refractivity contribution in [3.05, 3.63) is 23.8 Å². The highest BCUT2D eigenvalue weighted by molar-refractivity contribution is 6.01. The van der Waals surface area contributed by atoms with Gasteiger partial charge in [-0.2, -0.15) is 13.2 Å². The molecule has 0 bridgehead atoms. The number of benzene rings is 1. The van der Waals surface area contributed by atoms with Crippen molar-refractivity contribution >= 4 is 17.3 Å². The van der Waals surface area contributed by atoms with Crippen LogP contribution in [0.2, 0.25) is 0 Å². The van der Waals surface area contributed by atoms with Crippen molar-refractivity contribution in [3.8, 4) is 0 Å². The maximum Gasteiger partial charge on any atom is 0.406 e. The average molecular weight is 301 g/mol. The zero-order valence-electron chi connectivity index (χ0n) is 11.9. The Kier molecular flexibility index (Phi) is 4.02. The van der Waals surface area contributed by atoms with Gasteiger partial charge >= 0.3 is 6.18 Å². The summed E-state index contributed by atoms with van der Waals surface area (Å²) in [6, 6.07) is 4.37. The number of rotatable bonds is 4. The first kappa shape index (κ1) is 15.5. The van der Waals surface area contributed by atoms with Gasteiger partial charge in [-0.15, -0.1) is 0 Å². The van der Waals surface area contributed by atoms with Crippen LogP contribution >= 0.6 is 0 Å². The molecule has 0 unspecified atom stereocenters. The molecule has 1 aromatic carbocycles. The zero-order valence-corrected chi connectivity index (χ0v) is 11.9. The molecular formula is C14H18F3N3O. The van der Waals surface area contributed by atoms with Crippen LogP contribution in [-0.2, 0) is 0 Å². The van der Waals surface area contributed by atoms with E-state index in [1.54, 1.807) is 31.1 Å². The minimum Gasteiger partial charge on any atom is -0.399 e. The number of nitrogens with zero attached hydrogens (tertiary/aromatic N) is 2. The van der Waals surface area contributed by atoms with Crippen LogP contribution in [0.4, 0.5) is 24.5 Å². The van der Waals surface area contributed by atoms with Crippen LogP contribution in [-0.4, -0.2) is 43.7 Å². The van der Waals surface area contributed by atoms with Gasteiger partial charge in [-0.3, -0.25) is 4.79 Å². The van der Waals surface area contributed by atoms with Crippen molar-refractivity contribution in [2.24, 2.45) is 0 Å². The van der Waals surface area contributed by atoms with Crippen LogP contribution in [0, 0.1) is 0 Å². The van der Waals surface area contributed by atoms with E-state index in [1.165, 1.54) is 6.07 Å². The molecule has 0 radical (unpaired) electrons. The number of anilines is 2. The predicted octanol–water partition coefficient (Wildman–Crippen LogP) is 2.50. The van der Waals surface area contributed by atoms with Gasteiger partial charge in [-0.05, 0) is 31.0 Å². The Balaban J connectivity index is 2.34. The lowest BCUT2D eigenvalue weighted by Crippen LogP contribution is -2.41. The van der Waals surface area contributed by atoms with E-state index < -0.39 is 18.6 Å². The van der Waals surface area contributed by atoms with E-state index in [0.29, 0.717) is 24.2 Å². The van der Waals surface area contributed by atoms with Crippen molar-refractivity contribution < 1.29 is 18.0 Å². The molecule has 2 N–H and O–H groups in total. The Labute approximate surface area is 121 Å². The molecule has 1 aliphatic carbocycles. The second-order valence-corrected chi connectivity index (χ2v) is 5.45. The smallest absolute Gasteiger partial charge is 0.399 e. The summed E-state index contributed by atoms with van der Waals surface area (Å²) >= 11 is 0. The number of nitrogen functional groups attached to an aromatic ring is 1. The fraction of sp³-hybridized carbons (Fsp3) is 0.500. The molecule has 0 saturated heterocycles. The van der Waals surface area contributed by atoms with Crippen LogP contribution in [0.1, 0.15) is 23.2 Å². The van der Waals surface area contributed by atoms with Crippen molar-refractivity contribution in [2.45, 2.75) is 25.1 Å². The molecule has 1 aliphatic rings. The number of hydrogen-bond acceptors (Lipinski definition) is 3. The molecule has 0 aliphatic heterocycles. The van der Waals surface area contributed by atoms with Gasteiger partial charge in [0.05, 0.1) is 5.56 Å². The Morgan fingerprint density at radius 1 is 1.33 bits per heavy atom. The summed E-state index contributed by atoms with van der Waals surface area (Å²) in [6.45, 7) is -1.22. The van der Waals surface area contributed by atoms with Crippen molar-refractivity contribution in [3.63, 3.8) is 0 Å². The van der Waals surface area contributed by atoms with E-state index >= 15 is 0 Å². The third-order valence-electron chi connectivity index (χ3n) is 3.33. The predicted molar refractivity (Wildman–Crippen MR) is 75.3 cm³/mol. The maximum absolute atomic E-state index is 12.7. The van der Waals surface area contributed by atoms with Gasteiger partial charge in [0.1, 0.15) is 6.54 Å². The summed E-state index contributed by atoms with van der Waals surface area (Å²) in [5.74, 6) is -0.620. The zero-order chi connectivity index (χ0) is 15.8. The number of carbonyl (C=O) groups excluding carboxylic acids is 1. The van der Waals surface area contributed by atoms with Crippen molar-refractivity contribution in [1.82, 2.24) is 4.90 Å². The fourth-order valence-electron chi connectivity index (χ4n) is 2.22. The number of halogens is 3. The molecule has 1 saturated carbocycles. The molecule has 4 nitrogen and oxygen atoms in total. The molecule has 7 heteroatoms. The summed E-state index contributed by atoms with van der Waals surface area (Å²) in [5.41, 5.74) is 6.79. The third kappa shape index (κ3) is 3.80. The van der Waals surface area contributed by atoms with Crippen LogP contribution in [0.15, 0.2) is 18.2 Å². The minimum atomic E-state index is -4.41. The molecule has 21 heavy (non-hydrogen) atoms. The molecule has 116 valence electrons. The van der Waals surface area contributed by atoms with E-state index in [1.807, 2.05) is 0 Å². The normalized spacial score (nSPS) is 14.9. The lowest BCUT2D eigenvalue weighted by atomic mass is 10.1. The summed E-state index contributed by atoms with van der Waals surface area (Å²) in [5, 5.41) is 0. The molecule has 0 spiro atoms. The molecule has 0 aromatic heterocycles.